The van der Waals surface area contributed by atoms with Gasteiger partial charge in [0.2, 0.25) is 5.91 Å². The Hall–Kier alpha value is -2.86. The van der Waals surface area contributed by atoms with Crippen LogP contribution in [0.3, 0.4) is 0 Å². The number of hydrogen-bond acceptors (Lipinski definition) is 4. The number of carbonyl (C=O) groups excluding carboxylic acids is 1. The molecule has 1 N–H and O–H groups in total. The lowest BCUT2D eigenvalue weighted by Crippen LogP contribution is -2.35. The van der Waals surface area contributed by atoms with E-state index >= 15 is 0 Å². The Labute approximate surface area is 219 Å². The zero-order valence-electron chi connectivity index (χ0n) is 22.6. The minimum absolute atomic E-state index is 0.0341. The molecule has 0 aliphatic heterocycles. The summed E-state index contributed by atoms with van der Waals surface area (Å²) in [5.41, 5.74) is 4.86. The minimum atomic E-state index is -0.325. The second-order valence-corrected chi connectivity index (χ2v) is 11.7. The molecule has 2 unspecified atom stereocenters. The number of rotatable bonds is 9. The Morgan fingerprint density at radius 1 is 1.08 bits per heavy atom. The number of nitrogens with zero attached hydrogens (tertiary/aromatic N) is 2. The van der Waals surface area contributed by atoms with Gasteiger partial charge in [-0.05, 0) is 42.4 Å². The van der Waals surface area contributed by atoms with Crippen LogP contribution in [0.2, 0.25) is 0 Å². The highest BCUT2D eigenvalue weighted by atomic mass is 32.2. The number of carbonyl (C=O) groups is 1. The van der Waals surface area contributed by atoms with E-state index in [1.807, 2.05) is 44.2 Å². The summed E-state index contributed by atoms with van der Waals surface area (Å²) in [6.07, 6.45) is 2.10. The van der Waals surface area contributed by atoms with Gasteiger partial charge < -0.3 is 5.32 Å². The van der Waals surface area contributed by atoms with Crippen molar-refractivity contribution >= 4 is 17.7 Å². The highest BCUT2D eigenvalue weighted by Gasteiger charge is 2.24. The molecule has 0 bridgehead atoms. The van der Waals surface area contributed by atoms with E-state index in [0.717, 1.165) is 17.5 Å². The summed E-state index contributed by atoms with van der Waals surface area (Å²) in [7, 11) is 1.75. The van der Waals surface area contributed by atoms with Crippen molar-refractivity contribution < 1.29 is 4.79 Å². The average Bonchev–Trinajstić information content (AvgIpc) is 2.84. The molecule has 1 amide bonds. The van der Waals surface area contributed by atoms with Gasteiger partial charge in [-0.1, -0.05) is 100 Å². The Bertz CT molecular complexity index is 1230. The molecular formula is C30H39N3O2S. The quantitative estimate of drug-likeness (QED) is 0.281. The Morgan fingerprint density at radius 2 is 1.72 bits per heavy atom. The molecule has 0 aliphatic rings. The van der Waals surface area contributed by atoms with Crippen molar-refractivity contribution in [1.29, 1.82) is 0 Å². The van der Waals surface area contributed by atoms with Crippen molar-refractivity contribution in [3.63, 3.8) is 0 Å². The molecule has 6 heteroatoms. The second-order valence-electron chi connectivity index (χ2n) is 10.5. The fraction of sp³-hybridized carbons (Fsp3) is 0.433. The number of nitrogens with one attached hydrogen (secondary N) is 1. The highest BCUT2D eigenvalue weighted by molar-refractivity contribution is 8.00. The number of aryl methyl sites for hydroxylation is 1. The normalized spacial score (nSPS) is 13.3. The summed E-state index contributed by atoms with van der Waals surface area (Å²) >= 11 is 1.37. The van der Waals surface area contributed by atoms with E-state index < -0.39 is 0 Å². The van der Waals surface area contributed by atoms with Crippen LogP contribution in [0.15, 0.2) is 64.5 Å². The number of amides is 1. The van der Waals surface area contributed by atoms with E-state index in [4.69, 9.17) is 4.98 Å². The first-order chi connectivity index (χ1) is 17.0. The van der Waals surface area contributed by atoms with Crippen LogP contribution in [0.5, 0.6) is 0 Å². The van der Waals surface area contributed by atoms with Gasteiger partial charge in [0.05, 0.1) is 11.3 Å². The highest BCUT2D eigenvalue weighted by Crippen LogP contribution is 2.27. The maximum atomic E-state index is 13.3. The van der Waals surface area contributed by atoms with E-state index in [2.05, 4.69) is 57.3 Å². The van der Waals surface area contributed by atoms with Crippen LogP contribution in [-0.2, 0) is 23.7 Å². The van der Waals surface area contributed by atoms with Crippen LogP contribution >= 0.6 is 11.8 Å². The van der Waals surface area contributed by atoms with Crippen molar-refractivity contribution in [3.05, 3.63) is 92.9 Å². The lowest BCUT2D eigenvalue weighted by atomic mass is 9.86. The monoisotopic (exact) mass is 505 g/mol. The second kappa shape index (κ2) is 11.9. The maximum absolute atomic E-state index is 13.3. The molecule has 2 aromatic carbocycles. The molecule has 3 aromatic rings. The SMILES string of the molecule is CCCC(Sc1nc(C)c(Cc2ccc(C(C)(C)C)cc2)c(=O)n1C)C(=O)NC(C)c1ccccc1. The van der Waals surface area contributed by atoms with Crippen LogP contribution in [0.4, 0.5) is 0 Å². The van der Waals surface area contributed by atoms with Gasteiger partial charge in [-0.2, -0.15) is 0 Å². The lowest BCUT2D eigenvalue weighted by Gasteiger charge is -2.21. The summed E-state index contributed by atoms with van der Waals surface area (Å²) in [6, 6.07) is 18.3. The fourth-order valence-corrected chi connectivity index (χ4v) is 5.34. The maximum Gasteiger partial charge on any atom is 0.257 e. The van der Waals surface area contributed by atoms with Crippen LogP contribution in [0, 0.1) is 6.92 Å². The summed E-state index contributed by atoms with van der Waals surface area (Å²) < 4.78 is 1.59. The first-order valence-electron chi connectivity index (χ1n) is 12.7. The molecule has 1 heterocycles. The molecule has 0 spiro atoms. The fourth-order valence-electron chi connectivity index (χ4n) is 4.13. The molecule has 1 aromatic heterocycles. The predicted molar refractivity (Wildman–Crippen MR) is 150 cm³/mol. The molecule has 0 saturated carbocycles. The van der Waals surface area contributed by atoms with Crippen molar-refractivity contribution in [3.8, 4) is 0 Å². The van der Waals surface area contributed by atoms with Crippen LogP contribution in [0.1, 0.15) is 81.4 Å². The Balaban J connectivity index is 1.79. The van der Waals surface area contributed by atoms with Crippen molar-refractivity contribution in [1.82, 2.24) is 14.9 Å². The van der Waals surface area contributed by atoms with E-state index in [1.165, 1.54) is 17.3 Å². The van der Waals surface area contributed by atoms with Gasteiger partial charge in [0, 0.05) is 24.7 Å². The average molecular weight is 506 g/mol. The topological polar surface area (TPSA) is 64.0 Å². The van der Waals surface area contributed by atoms with Gasteiger partial charge in [0.25, 0.3) is 5.56 Å². The van der Waals surface area contributed by atoms with Crippen molar-refractivity contribution in [2.75, 3.05) is 0 Å². The van der Waals surface area contributed by atoms with Gasteiger partial charge >= 0.3 is 0 Å². The third kappa shape index (κ3) is 6.88. The van der Waals surface area contributed by atoms with Gasteiger partial charge in [-0.25, -0.2) is 4.98 Å². The number of hydrogen-bond donors (Lipinski definition) is 1. The molecule has 0 radical (unpaired) electrons. The first kappa shape index (κ1) is 27.7. The molecule has 2 atom stereocenters. The number of aromatic nitrogens is 2. The van der Waals surface area contributed by atoms with Gasteiger partial charge in [-0.15, -0.1) is 0 Å². The van der Waals surface area contributed by atoms with Gasteiger partial charge in [0.15, 0.2) is 5.16 Å². The zero-order valence-corrected chi connectivity index (χ0v) is 23.4. The number of thioether (sulfide) groups is 1. The zero-order chi connectivity index (χ0) is 26.5. The molecular weight excluding hydrogens is 466 g/mol. The van der Waals surface area contributed by atoms with E-state index in [1.54, 1.807) is 11.6 Å². The third-order valence-corrected chi connectivity index (χ3v) is 7.81. The molecule has 3 rings (SSSR count). The third-order valence-electron chi connectivity index (χ3n) is 6.50. The molecule has 0 saturated heterocycles. The molecule has 0 aliphatic carbocycles. The summed E-state index contributed by atoms with van der Waals surface area (Å²) in [4.78, 5) is 31.3. The van der Waals surface area contributed by atoms with Crippen LogP contribution in [0.25, 0.3) is 0 Å². The summed E-state index contributed by atoms with van der Waals surface area (Å²) in [5, 5.41) is 3.38. The predicted octanol–water partition coefficient (Wildman–Crippen LogP) is 6.12. The molecule has 192 valence electrons. The first-order valence-corrected chi connectivity index (χ1v) is 13.6. The van der Waals surface area contributed by atoms with E-state index in [0.29, 0.717) is 29.3 Å². The Morgan fingerprint density at radius 3 is 2.31 bits per heavy atom. The molecule has 5 nitrogen and oxygen atoms in total. The van der Waals surface area contributed by atoms with Crippen molar-refractivity contribution in [2.45, 2.75) is 82.7 Å². The smallest absolute Gasteiger partial charge is 0.257 e. The largest absolute Gasteiger partial charge is 0.349 e. The molecule has 0 fully saturated rings. The summed E-state index contributed by atoms with van der Waals surface area (Å²) in [5.74, 6) is -0.0341. The van der Waals surface area contributed by atoms with Crippen molar-refractivity contribution in [2.24, 2.45) is 7.05 Å². The Kier molecular flexibility index (Phi) is 9.18. The minimum Gasteiger partial charge on any atom is -0.349 e. The van der Waals surface area contributed by atoms with Gasteiger partial charge in [0.1, 0.15) is 0 Å². The van der Waals surface area contributed by atoms with Gasteiger partial charge in [-0.3, -0.25) is 14.2 Å². The van der Waals surface area contributed by atoms with Crippen LogP contribution < -0.4 is 10.9 Å². The van der Waals surface area contributed by atoms with E-state index in [9.17, 15) is 9.59 Å². The molecule has 36 heavy (non-hydrogen) atoms. The van der Waals surface area contributed by atoms with E-state index in [-0.39, 0.29) is 28.2 Å². The lowest BCUT2D eigenvalue weighted by molar-refractivity contribution is -0.121. The summed E-state index contributed by atoms with van der Waals surface area (Å²) in [6.45, 7) is 12.5. The number of benzene rings is 2. The van der Waals surface area contributed by atoms with Crippen LogP contribution in [-0.4, -0.2) is 20.7 Å². The standard InChI is InChI=1S/C30H39N3O2S/c1-8-12-26(27(34)31-20(2)23-13-10-9-11-14-23)36-29-32-21(3)25(28(35)33(29)7)19-22-15-17-24(18-16-22)30(4,5)6/h9-11,13-18,20,26H,8,12,19H2,1-7H3,(H,31,34).